The first kappa shape index (κ1) is 17.7. The van der Waals surface area contributed by atoms with Crippen molar-refractivity contribution in [2.75, 3.05) is 6.26 Å². The van der Waals surface area contributed by atoms with Crippen LogP contribution in [0.5, 0.6) is 0 Å². The molecule has 0 heterocycles. The van der Waals surface area contributed by atoms with E-state index in [1.165, 1.54) is 16.5 Å². The predicted molar refractivity (Wildman–Crippen MR) is 95.4 cm³/mol. The summed E-state index contributed by atoms with van der Waals surface area (Å²) in [6.07, 6.45) is 6.83. The zero-order valence-corrected chi connectivity index (χ0v) is 14.6. The number of aryl methyl sites for hydroxylation is 2. The maximum Gasteiger partial charge on any atom is 0.303 e. The molecule has 1 unspecified atom stereocenters. The van der Waals surface area contributed by atoms with E-state index in [1.807, 2.05) is 12.1 Å². The first-order valence-electron chi connectivity index (χ1n) is 8.06. The molecular formula is C19H24O3S. The fraction of sp³-hybridized carbons (Fsp3) is 0.421. The second kappa shape index (κ2) is 8.25. The smallest absolute Gasteiger partial charge is 0.303 e. The summed E-state index contributed by atoms with van der Waals surface area (Å²) in [5, 5.41) is 11.0. The first-order valence-corrected chi connectivity index (χ1v) is 9.62. The van der Waals surface area contributed by atoms with Gasteiger partial charge in [0.05, 0.1) is 0 Å². The van der Waals surface area contributed by atoms with E-state index in [0.29, 0.717) is 0 Å². The minimum atomic E-state index is -0.958. The quantitative estimate of drug-likeness (QED) is 0.726. The number of benzene rings is 2. The Hall–Kier alpha value is -1.68. The second-order valence-electron chi connectivity index (χ2n) is 6.01. The van der Waals surface area contributed by atoms with E-state index in [0.717, 1.165) is 42.4 Å². The Morgan fingerprint density at radius 3 is 2.52 bits per heavy atom. The van der Waals surface area contributed by atoms with Crippen LogP contribution in [-0.2, 0) is 22.0 Å². The van der Waals surface area contributed by atoms with Crippen LogP contribution in [0.4, 0.5) is 0 Å². The third kappa shape index (κ3) is 4.90. The number of aliphatic carboxylic acids is 1. The molecule has 2 aromatic carbocycles. The molecule has 4 heteroatoms. The Labute approximate surface area is 140 Å². The van der Waals surface area contributed by atoms with Crippen molar-refractivity contribution in [2.45, 2.75) is 50.3 Å². The van der Waals surface area contributed by atoms with Crippen LogP contribution in [0.25, 0.3) is 10.8 Å². The third-order valence-corrected chi connectivity index (χ3v) is 5.15. The van der Waals surface area contributed by atoms with Gasteiger partial charge in [0.15, 0.2) is 0 Å². The molecule has 0 aliphatic carbocycles. The van der Waals surface area contributed by atoms with Gasteiger partial charge in [-0.2, -0.15) is 0 Å². The molecule has 0 saturated heterocycles. The molecule has 1 N–H and O–H groups in total. The monoisotopic (exact) mass is 332 g/mol. The highest BCUT2D eigenvalue weighted by Crippen LogP contribution is 2.26. The SMILES string of the molecule is Cc1ccc2cc(S(C)=O)ccc2c1CCCCCCC(=O)O. The first-order chi connectivity index (χ1) is 11.0. The largest absolute Gasteiger partial charge is 0.481 e. The number of fused-ring (bicyclic) bond motifs is 1. The zero-order valence-electron chi connectivity index (χ0n) is 13.8. The Bertz CT molecular complexity index is 722. The van der Waals surface area contributed by atoms with E-state index in [1.54, 1.807) is 6.26 Å². The minimum Gasteiger partial charge on any atom is -0.481 e. The van der Waals surface area contributed by atoms with Gasteiger partial charge in [0.2, 0.25) is 0 Å². The summed E-state index contributed by atoms with van der Waals surface area (Å²) in [5.41, 5.74) is 2.64. The van der Waals surface area contributed by atoms with Crippen LogP contribution < -0.4 is 0 Å². The molecule has 23 heavy (non-hydrogen) atoms. The lowest BCUT2D eigenvalue weighted by atomic mass is 9.95. The fourth-order valence-electron chi connectivity index (χ4n) is 2.92. The Balaban J connectivity index is 2.06. The van der Waals surface area contributed by atoms with E-state index >= 15 is 0 Å². The Morgan fingerprint density at radius 2 is 1.83 bits per heavy atom. The molecule has 0 aliphatic rings. The number of carboxylic acids is 1. The molecular weight excluding hydrogens is 308 g/mol. The molecule has 0 saturated carbocycles. The maximum atomic E-state index is 11.6. The van der Waals surface area contributed by atoms with Crippen LogP contribution in [0, 0.1) is 6.92 Å². The van der Waals surface area contributed by atoms with Gasteiger partial charge in [0.25, 0.3) is 0 Å². The summed E-state index contributed by atoms with van der Waals surface area (Å²) in [7, 11) is -0.958. The molecule has 2 rings (SSSR count). The molecule has 0 aliphatic heterocycles. The molecule has 0 aromatic heterocycles. The molecule has 3 nitrogen and oxygen atoms in total. The molecule has 0 amide bonds. The van der Waals surface area contributed by atoms with Gasteiger partial charge >= 0.3 is 5.97 Å². The van der Waals surface area contributed by atoms with Crippen LogP contribution in [0.15, 0.2) is 35.2 Å². The van der Waals surface area contributed by atoms with Crippen molar-refractivity contribution in [2.24, 2.45) is 0 Å². The van der Waals surface area contributed by atoms with Gasteiger partial charge in [-0.25, -0.2) is 0 Å². The zero-order chi connectivity index (χ0) is 16.8. The van der Waals surface area contributed by atoms with Gasteiger partial charge in [0, 0.05) is 28.4 Å². The highest BCUT2D eigenvalue weighted by molar-refractivity contribution is 7.84. The summed E-state index contributed by atoms with van der Waals surface area (Å²) in [6, 6.07) is 10.3. The van der Waals surface area contributed by atoms with E-state index in [4.69, 9.17) is 5.11 Å². The highest BCUT2D eigenvalue weighted by Gasteiger charge is 2.07. The highest BCUT2D eigenvalue weighted by atomic mass is 32.2. The summed E-state index contributed by atoms with van der Waals surface area (Å²) in [4.78, 5) is 11.4. The Kier molecular flexibility index (Phi) is 6.34. The molecule has 0 bridgehead atoms. The van der Waals surface area contributed by atoms with Crippen LogP contribution in [0.1, 0.15) is 43.2 Å². The van der Waals surface area contributed by atoms with Gasteiger partial charge in [-0.3, -0.25) is 9.00 Å². The minimum absolute atomic E-state index is 0.268. The van der Waals surface area contributed by atoms with Crippen molar-refractivity contribution >= 4 is 27.5 Å². The fourth-order valence-corrected chi connectivity index (χ4v) is 3.48. The van der Waals surface area contributed by atoms with Crippen molar-refractivity contribution in [3.63, 3.8) is 0 Å². The third-order valence-electron chi connectivity index (χ3n) is 4.24. The van der Waals surface area contributed by atoms with Gasteiger partial charge in [-0.15, -0.1) is 0 Å². The molecule has 0 radical (unpaired) electrons. The topological polar surface area (TPSA) is 54.4 Å². The van der Waals surface area contributed by atoms with E-state index < -0.39 is 16.8 Å². The number of rotatable bonds is 8. The lowest BCUT2D eigenvalue weighted by Crippen LogP contribution is -1.96. The number of carbonyl (C=O) groups is 1. The summed E-state index contributed by atoms with van der Waals surface area (Å²) in [6.45, 7) is 2.13. The average molecular weight is 332 g/mol. The lowest BCUT2D eigenvalue weighted by Gasteiger charge is -2.11. The molecule has 0 spiro atoms. The number of carboxylic acid groups (broad SMARTS) is 1. The molecule has 124 valence electrons. The summed E-state index contributed by atoms with van der Waals surface area (Å²) >= 11 is 0. The lowest BCUT2D eigenvalue weighted by molar-refractivity contribution is -0.137. The van der Waals surface area contributed by atoms with Crippen molar-refractivity contribution in [1.29, 1.82) is 0 Å². The second-order valence-corrected chi connectivity index (χ2v) is 7.39. The average Bonchev–Trinajstić information content (AvgIpc) is 2.51. The van der Waals surface area contributed by atoms with Crippen LogP contribution in [0.2, 0.25) is 0 Å². The van der Waals surface area contributed by atoms with Gasteiger partial charge in [-0.1, -0.05) is 31.0 Å². The summed E-state index contributed by atoms with van der Waals surface area (Å²) in [5.74, 6) is -0.709. The molecule has 2 aromatic rings. The molecule has 1 atom stereocenters. The number of unbranched alkanes of at least 4 members (excludes halogenated alkanes) is 3. The van der Waals surface area contributed by atoms with Crippen molar-refractivity contribution in [3.05, 3.63) is 41.5 Å². The van der Waals surface area contributed by atoms with Crippen LogP contribution >= 0.6 is 0 Å². The standard InChI is InChI=1S/C19H24O3S/c1-14-9-10-15-13-16(23(2)22)11-12-18(15)17(14)7-5-3-4-6-8-19(20)21/h9-13H,3-8H2,1-2H3,(H,20,21). The van der Waals surface area contributed by atoms with Crippen LogP contribution in [0.3, 0.4) is 0 Å². The van der Waals surface area contributed by atoms with Gasteiger partial charge < -0.3 is 5.11 Å². The van der Waals surface area contributed by atoms with Crippen molar-refractivity contribution in [1.82, 2.24) is 0 Å². The predicted octanol–water partition coefficient (Wildman–Crippen LogP) is 4.46. The van der Waals surface area contributed by atoms with Crippen molar-refractivity contribution < 1.29 is 14.1 Å². The van der Waals surface area contributed by atoms with Crippen LogP contribution in [-0.4, -0.2) is 21.5 Å². The van der Waals surface area contributed by atoms with Gasteiger partial charge in [-0.05, 0) is 60.2 Å². The van der Waals surface area contributed by atoms with Gasteiger partial charge in [0.1, 0.15) is 0 Å². The summed E-state index contributed by atoms with van der Waals surface area (Å²) < 4.78 is 11.6. The Morgan fingerprint density at radius 1 is 1.09 bits per heavy atom. The van der Waals surface area contributed by atoms with Crippen molar-refractivity contribution in [3.8, 4) is 0 Å². The number of hydrogen-bond donors (Lipinski definition) is 1. The normalized spacial score (nSPS) is 12.4. The maximum absolute atomic E-state index is 11.6. The number of hydrogen-bond acceptors (Lipinski definition) is 2. The van der Waals surface area contributed by atoms with E-state index in [-0.39, 0.29) is 6.42 Å². The van der Waals surface area contributed by atoms with E-state index in [9.17, 15) is 9.00 Å². The molecule has 0 fully saturated rings. The van der Waals surface area contributed by atoms with E-state index in [2.05, 4.69) is 25.1 Å².